The van der Waals surface area contributed by atoms with Crippen molar-refractivity contribution in [3.05, 3.63) is 28.8 Å². The van der Waals surface area contributed by atoms with Crippen LogP contribution in [0.15, 0.2) is 12.1 Å². The standard InChI is InChI=1S/C12H10F3NO2/c1-2-3-10(17)7-4-8(6-16)11(18)9(5-7)12(13,14)15/h1,4-6,10,16-18H,3H2. The smallest absolute Gasteiger partial charge is 0.419 e. The molecule has 0 aliphatic carbocycles. The van der Waals surface area contributed by atoms with Crippen molar-refractivity contribution in [2.75, 3.05) is 0 Å². The molecule has 0 aliphatic heterocycles. The number of hydrogen-bond acceptors (Lipinski definition) is 3. The number of hydrogen-bond donors (Lipinski definition) is 3. The maximum Gasteiger partial charge on any atom is 0.419 e. The van der Waals surface area contributed by atoms with Crippen LogP contribution in [0.2, 0.25) is 0 Å². The number of aliphatic hydroxyl groups excluding tert-OH is 1. The lowest BCUT2D eigenvalue weighted by Crippen LogP contribution is -2.09. The molecule has 1 atom stereocenters. The Morgan fingerprint density at radius 1 is 1.44 bits per heavy atom. The van der Waals surface area contributed by atoms with Crippen molar-refractivity contribution < 1.29 is 23.4 Å². The fraction of sp³-hybridized carbons (Fsp3) is 0.250. The van der Waals surface area contributed by atoms with Crippen LogP contribution in [0, 0.1) is 17.8 Å². The average Bonchev–Trinajstić information content (AvgIpc) is 2.28. The summed E-state index contributed by atoms with van der Waals surface area (Å²) in [6.45, 7) is 0. The fourth-order valence-corrected chi connectivity index (χ4v) is 1.43. The van der Waals surface area contributed by atoms with Crippen LogP contribution >= 0.6 is 0 Å². The van der Waals surface area contributed by atoms with Gasteiger partial charge in [0.15, 0.2) is 0 Å². The molecule has 0 saturated carbocycles. The highest BCUT2D eigenvalue weighted by Gasteiger charge is 2.35. The van der Waals surface area contributed by atoms with Crippen LogP contribution in [0.4, 0.5) is 13.2 Å². The first-order valence-corrected chi connectivity index (χ1v) is 4.87. The molecule has 1 aromatic rings. The number of phenols is 1. The molecular weight excluding hydrogens is 247 g/mol. The summed E-state index contributed by atoms with van der Waals surface area (Å²) in [5.41, 5.74) is -1.71. The Hall–Kier alpha value is -2.00. The first-order valence-electron chi connectivity index (χ1n) is 4.87. The van der Waals surface area contributed by atoms with Gasteiger partial charge in [-0.15, -0.1) is 12.3 Å². The fourth-order valence-electron chi connectivity index (χ4n) is 1.43. The number of aromatic hydroxyl groups is 1. The van der Waals surface area contributed by atoms with E-state index in [-0.39, 0.29) is 17.5 Å². The van der Waals surface area contributed by atoms with E-state index < -0.39 is 23.6 Å². The average molecular weight is 257 g/mol. The maximum atomic E-state index is 12.6. The Bertz CT molecular complexity index is 503. The van der Waals surface area contributed by atoms with E-state index in [4.69, 9.17) is 11.8 Å². The van der Waals surface area contributed by atoms with Crippen LogP contribution in [0.5, 0.6) is 5.75 Å². The lowest BCUT2D eigenvalue weighted by Gasteiger charge is -2.15. The van der Waals surface area contributed by atoms with Crippen molar-refractivity contribution in [3.8, 4) is 18.1 Å². The number of halogens is 3. The van der Waals surface area contributed by atoms with Gasteiger partial charge in [0.25, 0.3) is 0 Å². The number of phenolic OH excluding ortho intramolecular Hbond substituents is 1. The maximum absolute atomic E-state index is 12.6. The van der Waals surface area contributed by atoms with Gasteiger partial charge in [0.2, 0.25) is 0 Å². The molecule has 0 amide bonds. The number of rotatable bonds is 3. The summed E-state index contributed by atoms with van der Waals surface area (Å²) in [6, 6.07) is 1.73. The summed E-state index contributed by atoms with van der Waals surface area (Å²) >= 11 is 0. The lowest BCUT2D eigenvalue weighted by atomic mass is 9.99. The van der Waals surface area contributed by atoms with Gasteiger partial charge in [0, 0.05) is 18.2 Å². The van der Waals surface area contributed by atoms with Crippen LogP contribution in [0.1, 0.15) is 29.2 Å². The minimum Gasteiger partial charge on any atom is -0.507 e. The van der Waals surface area contributed by atoms with Crippen molar-refractivity contribution in [1.82, 2.24) is 0 Å². The number of nitrogens with one attached hydrogen (secondary N) is 1. The number of alkyl halides is 3. The van der Waals surface area contributed by atoms with Gasteiger partial charge in [0.05, 0.1) is 11.7 Å². The van der Waals surface area contributed by atoms with Gasteiger partial charge in [0.1, 0.15) is 5.75 Å². The summed E-state index contributed by atoms with van der Waals surface area (Å²) in [5.74, 6) is 1.09. The zero-order valence-corrected chi connectivity index (χ0v) is 9.12. The molecular formula is C12H10F3NO2. The first kappa shape index (κ1) is 14.1. The predicted molar refractivity (Wildman–Crippen MR) is 59.4 cm³/mol. The number of benzene rings is 1. The molecule has 0 aromatic heterocycles. The molecule has 18 heavy (non-hydrogen) atoms. The second-order valence-corrected chi connectivity index (χ2v) is 3.57. The summed E-state index contributed by atoms with van der Waals surface area (Å²) in [6.07, 6.45) is -0.647. The summed E-state index contributed by atoms with van der Waals surface area (Å²) < 4.78 is 37.9. The zero-order valence-electron chi connectivity index (χ0n) is 9.12. The minimum absolute atomic E-state index is 0.0865. The molecule has 0 aliphatic rings. The monoisotopic (exact) mass is 257 g/mol. The normalized spacial score (nSPS) is 12.8. The summed E-state index contributed by atoms with van der Waals surface area (Å²) in [5, 5.41) is 25.9. The van der Waals surface area contributed by atoms with Crippen LogP contribution in [-0.2, 0) is 6.18 Å². The van der Waals surface area contributed by atoms with Crippen molar-refractivity contribution in [3.63, 3.8) is 0 Å². The van der Waals surface area contributed by atoms with Gasteiger partial charge in [-0.3, -0.25) is 0 Å². The number of terminal acetylenes is 1. The third kappa shape index (κ3) is 2.81. The second kappa shape index (κ2) is 5.10. The first-order chi connectivity index (χ1) is 8.31. The lowest BCUT2D eigenvalue weighted by molar-refractivity contribution is -0.138. The molecule has 0 fully saturated rings. The van der Waals surface area contributed by atoms with E-state index in [0.717, 1.165) is 6.07 Å². The third-order valence-electron chi connectivity index (χ3n) is 2.32. The minimum atomic E-state index is -4.77. The molecule has 3 nitrogen and oxygen atoms in total. The Balaban J connectivity index is 3.41. The molecule has 1 aromatic carbocycles. The molecule has 0 spiro atoms. The van der Waals surface area contributed by atoms with Crippen molar-refractivity contribution >= 4 is 6.21 Å². The van der Waals surface area contributed by atoms with Crippen LogP contribution in [0.25, 0.3) is 0 Å². The van der Waals surface area contributed by atoms with E-state index in [0.29, 0.717) is 12.3 Å². The topological polar surface area (TPSA) is 64.3 Å². The molecule has 0 bridgehead atoms. The van der Waals surface area contributed by atoms with Gasteiger partial charge in [-0.2, -0.15) is 13.2 Å². The van der Waals surface area contributed by atoms with Crippen molar-refractivity contribution in [1.29, 1.82) is 5.41 Å². The van der Waals surface area contributed by atoms with Crippen LogP contribution < -0.4 is 0 Å². The third-order valence-corrected chi connectivity index (χ3v) is 2.32. The van der Waals surface area contributed by atoms with Gasteiger partial charge < -0.3 is 15.6 Å². The Morgan fingerprint density at radius 3 is 2.50 bits per heavy atom. The van der Waals surface area contributed by atoms with Crippen LogP contribution in [0.3, 0.4) is 0 Å². The molecule has 1 unspecified atom stereocenters. The molecule has 1 rings (SSSR count). The van der Waals surface area contributed by atoms with Gasteiger partial charge in [-0.05, 0) is 17.7 Å². The molecule has 0 heterocycles. The van der Waals surface area contributed by atoms with Gasteiger partial charge in [-0.1, -0.05) is 0 Å². The highest BCUT2D eigenvalue weighted by atomic mass is 19.4. The summed E-state index contributed by atoms with van der Waals surface area (Å²) in [7, 11) is 0. The van der Waals surface area contributed by atoms with E-state index in [1.807, 2.05) is 0 Å². The Kier molecular flexibility index (Phi) is 3.99. The predicted octanol–water partition coefficient (Wildman–Crippen LogP) is 2.47. The molecule has 0 radical (unpaired) electrons. The summed E-state index contributed by atoms with van der Waals surface area (Å²) in [4.78, 5) is 0. The van der Waals surface area contributed by atoms with Crippen LogP contribution in [-0.4, -0.2) is 16.4 Å². The number of aliphatic hydroxyl groups is 1. The molecule has 3 N–H and O–H groups in total. The Morgan fingerprint density at radius 2 is 2.06 bits per heavy atom. The van der Waals surface area contributed by atoms with Gasteiger partial charge in [-0.25, -0.2) is 0 Å². The Labute approximate surface area is 101 Å². The molecule has 0 saturated heterocycles. The quantitative estimate of drug-likeness (QED) is 0.575. The van der Waals surface area contributed by atoms with E-state index in [2.05, 4.69) is 5.92 Å². The van der Waals surface area contributed by atoms with Crippen molar-refractivity contribution in [2.24, 2.45) is 0 Å². The molecule has 6 heteroatoms. The highest BCUT2D eigenvalue weighted by Crippen LogP contribution is 2.39. The van der Waals surface area contributed by atoms with E-state index >= 15 is 0 Å². The SMILES string of the molecule is C#CCC(O)c1cc(C=N)c(O)c(C(F)(F)F)c1. The highest BCUT2D eigenvalue weighted by molar-refractivity contribution is 5.82. The van der Waals surface area contributed by atoms with Gasteiger partial charge >= 0.3 is 6.18 Å². The molecule has 96 valence electrons. The largest absolute Gasteiger partial charge is 0.507 e. The van der Waals surface area contributed by atoms with E-state index in [9.17, 15) is 23.4 Å². The van der Waals surface area contributed by atoms with E-state index in [1.165, 1.54) is 0 Å². The van der Waals surface area contributed by atoms with Crippen molar-refractivity contribution in [2.45, 2.75) is 18.7 Å². The van der Waals surface area contributed by atoms with E-state index in [1.54, 1.807) is 0 Å². The zero-order chi connectivity index (χ0) is 13.9. The second-order valence-electron chi connectivity index (χ2n) is 3.57.